The third-order valence-corrected chi connectivity index (χ3v) is 3.92. The van der Waals surface area contributed by atoms with Gasteiger partial charge in [0.1, 0.15) is 11.1 Å². The second-order valence-corrected chi connectivity index (χ2v) is 5.67. The quantitative estimate of drug-likeness (QED) is 0.404. The molecule has 0 aromatic heterocycles. The molecule has 21 heavy (non-hydrogen) atoms. The molecular formula is C14H14BrClNO3Y-. The molecule has 1 aliphatic heterocycles. The molecule has 1 aromatic carbocycles. The first kappa shape index (κ1) is 19.1. The van der Waals surface area contributed by atoms with Gasteiger partial charge < -0.3 is 14.4 Å². The van der Waals surface area contributed by atoms with Gasteiger partial charge >= 0.3 is 0 Å². The van der Waals surface area contributed by atoms with Gasteiger partial charge in [0.2, 0.25) is 5.91 Å². The van der Waals surface area contributed by atoms with Crippen molar-refractivity contribution < 1.29 is 47.0 Å². The average molecular weight is 449 g/mol. The number of methoxy groups -OCH3 is 1. The average Bonchev–Trinajstić information content (AvgIpc) is 2.44. The number of ether oxygens (including phenoxy) is 2. The van der Waals surface area contributed by atoms with Gasteiger partial charge in [0, 0.05) is 46.9 Å². The maximum Gasteiger partial charge on any atom is 0.240 e. The first-order valence-corrected chi connectivity index (χ1v) is 7.21. The van der Waals surface area contributed by atoms with Crippen LogP contribution in [0.2, 0.25) is 0 Å². The van der Waals surface area contributed by atoms with Gasteiger partial charge in [0.05, 0.1) is 0 Å². The fourth-order valence-corrected chi connectivity index (χ4v) is 2.66. The Morgan fingerprint density at radius 1 is 1.52 bits per heavy atom. The molecule has 0 saturated heterocycles. The van der Waals surface area contributed by atoms with Crippen LogP contribution in [0.4, 0.5) is 0 Å². The maximum atomic E-state index is 11.9. The molecule has 4 nitrogen and oxygen atoms in total. The number of hydrogen-bond acceptors (Lipinski definition) is 3. The summed E-state index contributed by atoms with van der Waals surface area (Å²) in [6, 6.07) is 5.52. The normalized spacial score (nSPS) is 18.1. The zero-order valence-electron chi connectivity index (χ0n) is 11.7. The number of nitrogens with zero attached hydrogens (tertiary/aromatic N) is 1. The fraction of sp³-hybridized carbons (Fsp3) is 0.357. The van der Waals surface area contributed by atoms with E-state index >= 15 is 0 Å². The standard InChI is InChI=1S/C14H14BrClNO3.Y/c1-17-13(6-5-12(16)14(17)18)10-4-3-9(7-11(10)15)20-8-19-2;/h3-4,7,12H,5,8H2,1-2H3;/q-1;. The summed E-state index contributed by atoms with van der Waals surface area (Å²) in [5.74, 6) is 0.565. The molecule has 0 spiro atoms. The number of carbonyl (C=O) groups is 1. The SMILES string of the molecule is COCOc1ccc(C2=[C-]CC(Cl)C(=O)N2C)c(Br)c1.[Y]. The van der Waals surface area contributed by atoms with Gasteiger partial charge in [-0.2, -0.15) is 0 Å². The van der Waals surface area contributed by atoms with Crippen LogP contribution in [0.5, 0.6) is 5.75 Å². The Hall–Kier alpha value is 0.0639. The number of allylic oxidation sites excluding steroid dienone is 1. The third kappa shape index (κ3) is 4.52. The van der Waals surface area contributed by atoms with E-state index in [4.69, 9.17) is 21.1 Å². The minimum absolute atomic E-state index is 0. The molecule has 111 valence electrons. The number of alkyl halides is 1. The van der Waals surface area contributed by atoms with Crippen LogP contribution in [0.25, 0.3) is 5.70 Å². The number of hydrogen-bond donors (Lipinski definition) is 0. The fourth-order valence-electron chi connectivity index (χ4n) is 1.89. The van der Waals surface area contributed by atoms with Crippen LogP contribution in [-0.4, -0.2) is 37.1 Å². The van der Waals surface area contributed by atoms with E-state index in [-0.39, 0.29) is 45.4 Å². The van der Waals surface area contributed by atoms with Crippen LogP contribution in [-0.2, 0) is 42.2 Å². The summed E-state index contributed by atoms with van der Waals surface area (Å²) < 4.78 is 11.0. The van der Waals surface area contributed by atoms with Gasteiger partial charge in [0.15, 0.2) is 6.79 Å². The molecule has 0 bridgehead atoms. The Morgan fingerprint density at radius 2 is 2.24 bits per heavy atom. The van der Waals surface area contributed by atoms with Crippen LogP contribution < -0.4 is 4.74 Å². The van der Waals surface area contributed by atoms with Crippen LogP contribution in [0.15, 0.2) is 22.7 Å². The molecule has 1 amide bonds. The van der Waals surface area contributed by atoms with Crippen LogP contribution in [0.1, 0.15) is 12.0 Å². The zero-order valence-corrected chi connectivity index (χ0v) is 16.9. The minimum atomic E-state index is -0.535. The summed E-state index contributed by atoms with van der Waals surface area (Å²) in [5, 5.41) is -0.535. The van der Waals surface area contributed by atoms with Crippen molar-refractivity contribution in [2.45, 2.75) is 11.8 Å². The van der Waals surface area contributed by atoms with Crippen molar-refractivity contribution in [1.29, 1.82) is 0 Å². The van der Waals surface area contributed by atoms with E-state index in [2.05, 4.69) is 22.0 Å². The van der Waals surface area contributed by atoms with E-state index in [0.29, 0.717) is 12.2 Å². The van der Waals surface area contributed by atoms with Crippen molar-refractivity contribution in [2.75, 3.05) is 21.0 Å². The zero-order chi connectivity index (χ0) is 14.7. The van der Waals surface area contributed by atoms with Gasteiger partial charge in [0.25, 0.3) is 0 Å². The predicted octanol–water partition coefficient (Wildman–Crippen LogP) is 3.04. The Labute approximate surface area is 162 Å². The Morgan fingerprint density at radius 3 is 2.86 bits per heavy atom. The van der Waals surface area contributed by atoms with Crippen LogP contribution >= 0.6 is 27.5 Å². The van der Waals surface area contributed by atoms with Crippen molar-refractivity contribution in [3.63, 3.8) is 0 Å². The Bertz CT molecular complexity index is 553. The van der Waals surface area contributed by atoms with E-state index in [1.807, 2.05) is 18.2 Å². The molecule has 1 aromatic rings. The topological polar surface area (TPSA) is 38.8 Å². The maximum absolute atomic E-state index is 11.9. The summed E-state index contributed by atoms with van der Waals surface area (Å²) >= 11 is 9.41. The molecular weight excluding hydrogens is 434 g/mol. The largest absolute Gasteiger partial charge is 0.468 e. The third-order valence-electron chi connectivity index (χ3n) is 2.92. The van der Waals surface area contributed by atoms with Crippen molar-refractivity contribution in [3.8, 4) is 5.75 Å². The Balaban J connectivity index is 0.00000220. The first-order valence-electron chi connectivity index (χ1n) is 5.98. The summed E-state index contributed by atoms with van der Waals surface area (Å²) in [5.41, 5.74) is 1.59. The molecule has 0 N–H and O–H groups in total. The van der Waals surface area contributed by atoms with Crippen molar-refractivity contribution >= 4 is 39.1 Å². The van der Waals surface area contributed by atoms with Crippen molar-refractivity contribution in [3.05, 3.63) is 34.3 Å². The number of halogens is 2. The van der Waals surface area contributed by atoms with Crippen molar-refractivity contribution in [1.82, 2.24) is 4.90 Å². The van der Waals surface area contributed by atoms with Gasteiger partial charge in [-0.15, -0.1) is 28.9 Å². The first-order chi connectivity index (χ1) is 9.54. The van der Waals surface area contributed by atoms with Gasteiger partial charge in [-0.3, -0.25) is 4.79 Å². The van der Waals surface area contributed by atoms with Gasteiger partial charge in [-0.05, 0) is 12.1 Å². The summed E-state index contributed by atoms with van der Waals surface area (Å²) in [6.07, 6.45) is 3.57. The summed E-state index contributed by atoms with van der Waals surface area (Å²) in [7, 11) is 3.26. The number of benzene rings is 1. The molecule has 1 heterocycles. The van der Waals surface area contributed by atoms with E-state index < -0.39 is 5.38 Å². The molecule has 2 rings (SSSR count). The molecule has 1 aliphatic rings. The van der Waals surface area contributed by atoms with Gasteiger partial charge in [-0.25, -0.2) is 6.08 Å². The van der Waals surface area contributed by atoms with E-state index in [1.54, 1.807) is 14.2 Å². The number of rotatable bonds is 4. The molecule has 7 heteroatoms. The molecule has 0 saturated carbocycles. The van der Waals surface area contributed by atoms with Crippen LogP contribution in [0, 0.1) is 6.08 Å². The van der Waals surface area contributed by atoms with Gasteiger partial charge in [-0.1, -0.05) is 26.8 Å². The Kier molecular flexibility index (Phi) is 7.86. The van der Waals surface area contributed by atoms with E-state index in [9.17, 15) is 4.79 Å². The second kappa shape index (κ2) is 8.63. The second-order valence-electron chi connectivity index (χ2n) is 4.29. The predicted molar refractivity (Wildman–Crippen MR) is 80.3 cm³/mol. The summed E-state index contributed by atoms with van der Waals surface area (Å²) in [4.78, 5) is 13.4. The number of carbonyl (C=O) groups excluding carboxylic acids is 1. The monoisotopic (exact) mass is 447 g/mol. The number of amides is 1. The molecule has 1 radical (unpaired) electrons. The molecule has 1 atom stereocenters. The smallest absolute Gasteiger partial charge is 0.240 e. The van der Waals surface area contributed by atoms with Crippen molar-refractivity contribution in [2.24, 2.45) is 0 Å². The molecule has 1 unspecified atom stereocenters. The summed E-state index contributed by atoms with van der Waals surface area (Å²) in [6.45, 7) is 0.187. The molecule has 0 fully saturated rings. The molecule has 0 aliphatic carbocycles. The van der Waals surface area contributed by atoms with E-state index in [0.717, 1.165) is 15.7 Å². The van der Waals surface area contributed by atoms with Crippen LogP contribution in [0.3, 0.4) is 0 Å². The minimum Gasteiger partial charge on any atom is -0.468 e. The van der Waals surface area contributed by atoms with E-state index in [1.165, 1.54) is 4.90 Å².